The third kappa shape index (κ3) is 5.15. The molecule has 0 saturated heterocycles. The Morgan fingerprint density at radius 3 is 2.46 bits per heavy atom. The molecule has 13 heavy (non-hydrogen) atoms. The number of carbonyl (C=O) groups excluding carboxylic acids is 2. The minimum atomic E-state index is -0.578. The zero-order valence-electron chi connectivity index (χ0n) is 7.67. The van der Waals surface area contributed by atoms with Crippen LogP contribution < -0.4 is 22.1 Å². The zero-order valence-corrected chi connectivity index (χ0v) is 7.67. The van der Waals surface area contributed by atoms with Crippen molar-refractivity contribution in [2.24, 2.45) is 11.5 Å². The monoisotopic (exact) mass is 188 g/mol. The molecular weight excluding hydrogens is 172 g/mol. The zero-order chi connectivity index (χ0) is 10.3. The lowest BCUT2D eigenvalue weighted by Crippen LogP contribution is -2.46. The van der Waals surface area contributed by atoms with E-state index >= 15 is 0 Å². The Hall–Kier alpha value is -1.14. The number of primary amides is 1. The van der Waals surface area contributed by atoms with E-state index < -0.39 is 11.9 Å². The van der Waals surface area contributed by atoms with Gasteiger partial charge >= 0.3 is 0 Å². The number of nitrogens with two attached hydrogens (primary N) is 2. The molecule has 0 aromatic rings. The first-order chi connectivity index (χ1) is 6.11. The summed E-state index contributed by atoms with van der Waals surface area (Å²) in [5.74, 6) is -0.773. The Labute approximate surface area is 77.0 Å². The molecule has 0 aliphatic carbocycles. The minimum absolute atomic E-state index is 0.0142. The van der Waals surface area contributed by atoms with Gasteiger partial charge in [0.15, 0.2) is 0 Å². The maximum Gasteiger partial charge on any atom is 0.237 e. The number of rotatable bonds is 6. The molecule has 6 nitrogen and oxygen atoms in total. The molecular formula is C7H16N4O2. The number of nitrogens with one attached hydrogen (secondary N) is 2. The Balaban J connectivity index is 4.02. The second-order valence-corrected chi connectivity index (χ2v) is 2.58. The highest BCUT2D eigenvalue weighted by atomic mass is 16.2. The van der Waals surface area contributed by atoms with Gasteiger partial charge in [0, 0.05) is 20.1 Å². The van der Waals surface area contributed by atoms with Crippen LogP contribution in [0.15, 0.2) is 0 Å². The highest BCUT2D eigenvalue weighted by molar-refractivity contribution is 5.87. The summed E-state index contributed by atoms with van der Waals surface area (Å²) in [6.07, 6.45) is -0.0142. The first-order valence-electron chi connectivity index (χ1n) is 4.05. The fourth-order valence-electron chi connectivity index (χ4n) is 0.891. The third-order valence-electron chi connectivity index (χ3n) is 1.50. The summed E-state index contributed by atoms with van der Waals surface area (Å²) in [5.41, 5.74) is 10.2. The number of hydrogen-bond acceptors (Lipinski definition) is 4. The first kappa shape index (κ1) is 11.9. The first-order valence-corrected chi connectivity index (χ1v) is 4.05. The van der Waals surface area contributed by atoms with E-state index in [0.717, 1.165) is 0 Å². The van der Waals surface area contributed by atoms with E-state index in [4.69, 9.17) is 11.5 Å². The van der Waals surface area contributed by atoms with Crippen molar-refractivity contribution in [1.82, 2.24) is 10.6 Å². The SMILES string of the molecule is CNC(=O)C(CC(N)=O)NCCN. The number of amides is 2. The lowest BCUT2D eigenvalue weighted by molar-refractivity contribution is -0.126. The summed E-state index contributed by atoms with van der Waals surface area (Å²) in [6.45, 7) is 0.887. The maximum absolute atomic E-state index is 11.1. The summed E-state index contributed by atoms with van der Waals surface area (Å²) in [7, 11) is 1.50. The summed E-state index contributed by atoms with van der Waals surface area (Å²) >= 11 is 0. The smallest absolute Gasteiger partial charge is 0.237 e. The molecule has 0 radical (unpaired) electrons. The van der Waals surface area contributed by atoms with Crippen molar-refractivity contribution in [2.45, 2.75) is 12.5 Å². The molecule has 0 aliphatic heterocycles. The van der Waals surface area contributed by atoms with Gasteiger partial charge in [-0.1, -0.05) is 0 Å². The molecule has 76 valence electrons. The van der Waals surface area contributed by atoms with Gasteiger partial charge in [-0.15, -0.1) is 0 Å². The van der Waals surface area contributed by atoms with Crippen LogP contribution in [0.25, 0.3) is 0 Å². The van der Waals surface area contributed by atoms with Crippen LogP contribution >= 0.6 is 0 Å². The molecule has 6 N–H and O–H groups in total. The van der Waals surface area contributed by atoms with Gasteiger partial charge < -0.3 is 22.1 Å². The molecule has 0 heterocycles. The van der Waals surface area contributed by atoms with Gasteiger partial charge in [0.1, 0.15) is 0 Å². The van der Waals surface area contributed by atoms with Gasteiger partial charge in [-0.25, -0.2) is 0 Å². The molecule has 1 unspecified atom stereocenters. The molecule has 6 heteroatoms. The second kappa shape index (κ2) is 6.38. The average Bonchev–Trinajstić information content (AvgIpc) is 2.10. The van der Waals surface area contributed by atoms with Crippen LogP contribution in [-0.4, -0.2) is 38.0 Å². The van der Waals surface area contributed by atoms with Crippen LogP contribution in [0.1, 0.15) is 6.42 Å². The highest BCUT2D eigenvalue weighted by Gasteiger charge is 2.17. The normalized spacial score (nSPS) is 12.2. The van der Waals surface area contributed by atoms with Crippen molar-refractivity contribution in [2.75, 3.05) is 20.1 Å². The molecule has 0 aromatic heterocycles. The van der Waals surface area contributed by atoms with Gasteiger partial charge in [0.25, 0.3) is 0 Å². The average molecular weight is 188 g/mol. The van der Waals surface area contributed by atoms with Crippen molar-refractivity contribution in [1.29, 1.82) is 0 Å². The van der Waals surface area contributed by atoms with Crippen LogP contribution in [0.2, 0.25) is 0 Å². The van der Waals surface area contributed by atoms with Crippen molar-refractivity contribution >= 4 is 11.8 Å². The number of hydrogen-bond donors (Lipinski definition) is 4. The molecule has 2 amide bonds. The van der Waals surface area contributed by atoms with Gasteiger partial charge in [0.2, 0.25) is 11.8 Å². The quantitative estimate of drug-likeness (QED) is 0.370. The van der Waals surface area contributed by atoms with Crippen LogP contribution in [0.3, 0.4) is 0 Å². The van der Waals surface area contributed by atoms with E-state index in [0.29, 0.717) is 13.1 Å². The Kier molecular flexibility index (Phi) is 5.82. The van der Waals surface area contributed by atoms with Crippen LogP contribution in [0, 0.1) is 0 Å². The number of carbonyl (C=O) groups is 2. The highest BCUT2D eigenvalue weighted by Crippen LogP contribution is 1.90. The fraction of sp³-hybridized carbons (Fsp3) is 0.714. The Bertz CT molecular complexity index is 183. The predicted octanol–water partition coefficient (Wildman–Crippen LogP) is -2.48. The third-order valence-corrected chi connectivity index (χ3v) is 1.50. The summed E-state index contributed by atoms with van der Waals surface area (Å²) in [6, 6.07) is -0.578. The molecule has 1 atom stereocenters. The van der Waals surface area contributed by atoms with Crippen molar-refractivity contribution in [3.8, 4) is 0 Å². The van der Waals surface area contributed by atoms with E-state index in [1.54, 1.807) is 0 Å². The van der Waals surface area contributed by atoms with Crippen molar-refractivity contribution < 1.29 is 9.59 Å². The minimum Gasteiger partial charge on any atom is -0.370 e. The van der Waals surface area contributed by atoms with Crippen molar-refractivity contribution in [3.63, 3.8) is 0 Å². The van der Waals surface area contributed by atoms with Gasteiger partial charge in [0.05, 0.1) is 12.5 Å². The molecule has 0 aliphatic rings. The fourth-order valence-corrected chi connectivity index (χ4v) is 0.891. The summed E-state index contributed by atoms with van der Waals surface area (Å²) in [4.78, 5) is 21.7. The van der Waals surface area contributed by atoms with E-state index in [2.05, 4.69) is 10.6 Å². The van der Waals surface area contributed by atoms with Gasteiger partial charge in [-0.3, -0.25) is 9.59 Å². The maximum atomic E-state index is 11.1. The van der Waals surface area contributed by atoms with E-state index in [-0.39, 0.29) is 12.3 Å². The standard InChI is InChI=1S/C7H16N4O2/c1-10-7(13)5(4-6(9)12)11-3-2-8/h5,11H,2-4,8H2,1H3,(H2,9,12)(H,10,13). The van der Waals surface area contributed by atoms with Crippen LogP contribution in [0.5, 0.6) is 0 Å². The second-order valence-electron chi connectivity index (χ2n) is 2.58. The van der Waals surface area contributed by atoms with E-state index in [1.807, 2.05) is 0 Å². The summed E-state index contributed by atoms with van der Waals surface area (Å²) in [5, 5.41) is 5.24. The molecule has 0 saturated carbocycles. The topological polar surface area (TPSA) is 110 Å². The molecule has 0 rings (SSSR count). The number of likely N-dealkylation sites (N-methyl/N-ethyl adjacent to an activating group) is 1. The molecule has 0 bridgehead atoms. The lowest BCUT2D eigenvalue weighted by Gasteiger charge is -2.14. The Morgan fingerprint density at radius 2 is 2.08 bits per heavy atom. The molecule has 0 spiro atoms. The molecule has 0 aromatic carbocycles. The van der Waals surface area contributed by atoms with Crippen LogP contribution in [0.4, 0.5) is 0 Å². The lowest BCUT2D eigenvalue weighted by atomic mass is 10.2. The predicted molar refractivity (Wildman–Crippen MR) is 48.7 cm³/mol. The molecule has 0 fully saturated rings. The van der Waals surface area contributed by atoms with Gasteiger partial charge in [-0.05, 0) is 0 Å². The summed E-state index contributed by atoms with van der Waals surface area (Å²) < 4.78 is 0. The van der Waals surface area contributed by atoms with E-state index in [1.165, 1.54) is 7.05 Å². The van der Waals surface area contributed by atoms with E-state index in [9.17, 15) is 9.59 Å². The largest absolute Gasteiger partial charge is 0.370 e. The van der Waals surface area contributed by atoms with Gasteiger partial charge in [-0.2, -0.15) is 0 Å². The van der Waals surface area contributed by atoms with Crippen LogP contribution in [-0.2, 0) is 9.59 Å². The Morgan fingerprint density at radius 1 is 1.46 bits per heavy atom. The van der Waals surface area contributed by atoms with Crippen molar-refractivity contribution in [3.05, 3.63) is 0 Å².